The maximum atomic E-state index is 12.5. The lowest BCUT2D eigenvalue weighted by Crippen LogP contribution is -2.23. The molecule has 0 aliphatic carbocycles. The molecule has 1 amide bonds. The van der Waals surface area contributed by atoms with Crippen LogP contribution >= 0.6 is 11.3 Å². The fraction of sp³-hybridized carbons (Fsp3) is 0.500. The molecule has 130 valence electrons. The third-order valence-electron chi connectivity index (χ3n) is 3.27. The molecule has 0 saturated heterocycles. The van der Waals surface area contributed by atoms with Gasteiger partial charge in [0.05, 0.1) is 16.8 Å². The summed E-state index contributed by atoms with van der Waals surface area (Å²) in [5.41, 5.74) is 1.65. The number of carbonyl (C=O) groups excluding carboxylic acids is 1. The van der Waals surface area contributed by atoms with E-state index in [9.17, 15) is 4.79 Å². The number of pyridine rings is 1. The van der Waals surface area contributed by atoms with Crippen molar-refractivity contribution in [2.45, 2.75) is 53.7 Å². The van der Waals surface area contributed by atoms with Crippen LogP contribution in [0, 0.1) is 12.8 Å². The highest BCUT2D eigenvalue weighted by Gasteiger charge is 2.16. The van der Waals surface area contributed by atoms with Crippen LogP contribution in [0.3, 0.4) is 0 Å². The summed E-state index contributed by atoms with van der Waals surface area (Å²) in [4.78, 5) is 21.9. The third-order valence-corrected chi connectivity index (χ3v) is 4.45. The monoisotopic (exact) mass is 347 g/mol. The van der Waals surface area contributed by atoms with E-state index >= 15 is 0 Å². The second-order valence-electron chi connectivity index (χ2n) is 6.44. The molecular weight excluding hydrogens is 322 g/mol. The number of hydrogen-bond donors (Lipinski definition) is 1. The Morgan fingerprint density at radius 2 is 2.08 bits per heavy atom. The zero-order valence-corrected chi connectivity index (χ0v) is 15.7. The van der Waals surface area contributed by atoms with Gasteiger partial charge < -0.3 is 10.1 Å². The van der Waals surface area contributed by atoms with E-state index in [0.717, 1.165) is 22.7 Å². The molecule has 0 atom stereocenters. The number of rotatable bonds is 7. The molecule has 0 fully saturated rings. The predicted octanol–water partition coefficient (Wildman–Crippen LogP) is 3.76. The van der Waals surface area contributed by atoms with Crippen LogP contribution in [0.15, 0.2) is 18.3 Å². The Morgan fingerprint density at radius 3 is 2.75 bits per heavy atom. The molecule has 0 aliphatic rings. The molecule has 1 N–H and O–H groups in total. The van der Waals surface area contributed by atoms with Gasteiger partial charge in [0.2, 0.25) is 5.88 Å². The van der Waals surface area contributed by atoms with E-state index in [4.69, 9.17) is 4.74 Å². The summed E-state index contributed by atoms with van der Waals surface area (Å²) < 4.78 is 5.68. The Hall–Kier alpha value is -1.95. The molecule has 0 spiro atoms. The Kier molecular flexibility index (Phi) is 6.31. The van der Waals surface area contributed by atoms with Crippen LogP contribution in [-0.2, 0) is 13.0 Å². The molecule has 2 aromatic heterocycles. The lowest BCUT2D eigenvalue weighted by atomic mass is 10.1. The zero-order chi connectivity index (χ0) is 17.7. The standard InChI is InChI=1S/C18H25N3O2S/c1-11(2)9-15-21-13(5)16(24-15)17(22)20-10-14-7-6-8-19-18(14)23-12(3)4/h6-8,11-12H,9-10H2,1-5H3,(H,20,22). The Labute approximate surface area is 147 Å². The lowest BCUT2D eigenvalue weighted by Gasteiger charge is -2.13. The van der Waals surface area contributed by atoms with Crippen LogP contribution in [0.1, 0.15) is 53.6 Å². The molecule has 2 rings (SSSR count). The van der Waals surface area contributed by atoms with Crippen molar-refractivity contribution in [1.29, 1.82) is 0 Å². The van der Waals surface area contributed by atoms with Crippen LogP contribution in [0.25, 0.3) is 0 Å². The zero-order valence-electron chi connectivity index (χ0n) is 14.9. The summed E-state index contributed by atoms with van der Waals surface area (Å²) in [6.07, 6.45) is 2.62. The first-order valence-corrected chi connectivity index (χ1v) is 9.03. The van der Waals surface area contributed by atoms with Crippen LogP contribution < -0.4 is 10.1 Å². The molecular formula is C18H25N3O2S. The van der Waals surface area contributed by atoms with Crippen LogP contribution in [-0.4, -0.2) is 22.0 Å². The van der Waals surface area contributed by atoms with Crippen molar-refractivity contribution in [1.82, 2.24) is 15.3 Å². The average molecular weight is 347 g/mol. The molecule has 2 aromatic rings. The highest BCUT2D eigenvalue weighted by molar-refractivity contribution is 7.13. The summed E-state index contributed by atoms with van der Waals surface area (Å²) in [6, 6.07) is 3.75. The summed E-state index contributed by atoms with van der Waals surface area (Å²) in [5.74, 6) is 0.992. The minimum absolute atomic E-state index is 0.0386. The molecule has 0 saturated carbocycles. The van der Waals surface area contributed by atoms with Gasteiger partial charge in [-0.2, -0.15) is 0 Å². The maximum absolute atomic E-state index is 12.5. The van der Waals surface area contributed by atoms with Crippen molar-refractivity contribution in [2.24, 2.45) is 5.92 Å². The number of aryl methyl sites for hydroxylation is 1. The van der Waals surface area contributed by atoms with Gasteiger partial charge in [-0.3, -0.25) is 4.79 Å². The van der Waals surface area contributed by atoms with Crippen LogP contribution in [0.2, 0.25) is 0 Å². The minimum Gasteiger partial charge on any atom is -0.475 e. The van der Waals surface area contributed by atoms with E-state index in [1.165, 1.54) is 11.3 Å². The molecule has 6 heteroatoms. The van der Waals surface area contributed by atoms with Gasteiger partial charge in [0.25, 0.3) is 5.91 Å². The van der Waals surface area contributed by atoms with Crippen molar-refractivity contribution in [3.8, 4) is 5.88 Å². The van der Waals surface area contributed by atoms with Crippen molar-refractivity contribution in [2.75, 3.05) is 0 Å². The number of hydrogen-bond acceptors (Lipinski definition) is 5. The number of amides is 1. The van der Waals surface area contributed by atoms with E-state index in [1.54, 1.807) is 6.20 Å². The molecule has 24 heavy (non-hydrogen) atoms. The highest BCUT2D eigenvalue weighted by atomic mass is 32.1. The van der Waals surface area contributed by atoms with Crippen LogP contribution in [0.4, 0.5) is 0 Å². The van der Waals surface area contributed by atoms with E-state index in [0.29, 0.717) is 23.2 Å². The minimum atomic E-state index is -0.0978. The van der Waals surface area contributed by atoms with Gasteiger partial charge in [0.15, 0.2) is 0 Å². The lowest BCUT2D eigenvalue weighted by molar-refractivity contribution is 0.0953. The molecule has 0 radical (unpaired) electrons. The van der Waals surface area contributed by atoms with E-state index in [1.807, 2.05) is 32.9 Å². The van der Waals surface area contributed by atoms with Gasteiger partial charge in [0, 0.05) is 24.7 Å². The normalized spacial score (nSPS) is 11.1. The SMILES string of the molecule is Cc1nc(CC(C)C)sc1C(=O)NCc1cccnc1OC(C)C. The number of nitrogens with one attached hydrogen (secondary N) is 1. The van der Waals surface area contributed by atoms with E-state index in [2.05, 4.69) is 29.1 Å². The van der Waals surface area contributed by atoms with Gasteiger partial charge in [-0.05, 0) is 32.8 Å². The first kappa shape index (κ1) is 18.4. The van der Waals surface area contributed by atoms with Gasteiger partial charge in [-0.1, -0.05) is 19.9 Å². The first-order valence-electron chi connectivity index (χ1n) is 8.21. The smallest absolute Gasteiger partial charge is 0.263 e. The Balaban J connectivity index is 2.05. The summed E-state index contributed by atoms with van der Waals surface area (Å²) >= 11 is 1.48. The number of thiazole rings is 1. The quantitative estimate of drug-likeness (QED) is 0.828. The molecule has 0 bridgehead atoms. The topological polar surface area (TPSA) is 64.1 Å². The van der Waals surface area contributed by atoms with Crippen molar-refractivity contribution >= 4 is 17.2 Å². The molecule has 5 nitrogen and oxygen atoms in total. The largest absolute Gasteiger partial charge is 0.475 e. The van der Waals surface area contributed by atoms with Gasteiger partial charge >= 0.3 is 0 Å². The Bertz CT molecular complexity index is 695. The van der Waals surface area contributed by atoms with Crippen molar-refractivity contribution in [3.05, 3.63) is 39.5 Å². The van der Waals surface area contributed by atoms with E-state index in [-0.39, 0.29) is 12.0 Å². The molecule has 2 heterocycles. The number of ether oxygens (including phenoxy) is 1. The predicted molar refractivity (Wildman–Crippen MR) is 96.6 cm³/mol. The van der Waals surface area contributed by atoms with Crippen molar-refractivity contribution < 1.29 is 9.53 Å². The molecule has 0 unspecified atom stereocenters. The molecule has 0 aliphatic heterocycles. The second-order valence-corrected chi connectivity index (χ2v) is 7.52. The summed E-state index contributed by atoms with van der Waals surface area (Å²) in [5, 5.41) is 3.96. The Morgan fingerprint density at radius 1 is 1.33 bits per heavy atom. The number of nitrogens with zero attached hydrogens (tertiary/aromatic N) is 2. The number of carbonyl (C=O) groups is 1. The fourth-order valence-corrected chi connectivity index (χ4v) is 3.44. The van der Waals surface area contributed by atoms with Crippen LogP contribution in [0.5, 0.6) is 5.88 Å². The highest BCUT2D eigenvalue weighted by Crippen LogP contribution is 2.21. The summed E-state index contributed by atoms with van der Waals surface area (Å²) in [6.45, 7) is 10.5. The van der Waals surface area contributed by atoms with Gasteiger partial charge in [-0.25, -0.2) is 9.97 Å². The third kappa shape index (κ3) is 5.03. The summed E-state index contributed by atoms with van der Waals surface area (Å²) in [7, 11) is 0. The fourth-order valence-electron chi connectivity index (χ4n) is 2.24. The first-order chi connectivity index (χ1) is 11.4. The van der Waals surface area contributed by atoms with Gasteiger partial charge in [-0.15, -0.1) is 11.3 Å². The molecule has 0 aromatic carbocycles. The van der Waals surface area contributed by atoms with Crippen molar-refractivity contribution in [3.63, 3.8) is 0 Å². The average Bonchev–Trinajstić information content (AvgIpc) is 2.85. The maximum Gasteiger partial charge on any atom is 0.263 e. The van der Waals surface area contributed by atoms with E-state index < -0.39 is 0 Å². The number of aromatic nitrogens is 2. The second kappa shape index (κ2) is 8.24. The van der Waals surface area contributed by atoms with Gasteiger partial charge in [0.1, 0.15) is 4.88 Å².